The summed E-state index contributed by atoms with van der Waals surface area (Å²) >= 11 is 0. The van der Waals surface area contributed by atoms with Crippen LogP contribution in [0.1, 0.15) is 28.7 Å². The van der Waals surface area contributed by atoms with E-state index in [1.54, 1.807) is 21.3 Å². The number of methoxy groups -OCH3 is 3. The summed E-state index contributed by atoms with van der Waals surface area (Å²) < 4.78 is 28.5. The molecule has 0 saturated heterocycles. The molecule has 0 unspecified atom stereocenters. The van der Waals surface area contributed by atoms with Crippen LogP contribution in [0.4, 0.5) is 0 Å². The number of hydrogen-bond donors (Lipinski definition) is 0. The van der Waals surface area contributed by atoms with Crippen LogP contribution in [0, 0.1) is 0 Å². The topological polar surface area (TPSA) is 46.2 Å². The quantitative estimate of drug-likeness (QED) is 0.198. The fourth-order valence-corrected chi connectivity index (χ4v) is 4.12. The first-order valence-electron chi connectivity index (χ1n) is 12.4. The normalized spacial score (nSPS) is 10.6. The van der Waals surface area contributed by atoms with Gasteiger partial charge in [-0.1, -0.05) is 54.6 Å². The van der Waals surface area contributed by atoms with Crippen LogP contribution < -0.4 is 23.7 Å². The minimum Gasteiger partial charge on any atom is -0.497 e. The van der Waals surface area contributed by atoms with Gasteiger partial charge in [-0.05, 0) is 65.8 Å². The molecule has 0 atom stereocenters. The van der Waals surface area contributed by atoms with Gasteiger partial charge in [-0.25, -0.2) is 0 Å². The van der Waals surface area contributed by atoms with Gasteiger partial charge >= 0.3 is 0 Å². The molecule has 0 aromatic heterocycles. The smallest absolute Gasteiger partial charge is 0.126 e. The Hall–Kier alpha value is -4.12. The second-order valence-corrected chi connectivity index (χ2v) is 8.71. The van der Waals surface area contributed by atoms with Crippen molar-refractivity contribution in [1.29, 1.82) is 0 Å². The maximum Gasteiger partial charge on any atom is 0.126 e. The molecule has 5 nitrogen and oxygen atoms in total. The third-order valence-electron chi connectivity index (χ3n) is 6.23. The molecule has 0 aliphatic rings. The predicted octanol–water partition coefficient (Wildman–Crippen LogP) is 7.05. The molecule has 4 aromatic rings. The average molecular weight is 499 g/mol. The molecule has 0 heterocycles. The van der Waals surface area contributed by atoms with Gasteiger partial charge in [-0.15, -0.1) is 0 Å². The van der Waals surface area contributed by atoms with E-state index in [1.165, 1.54) is 0 Å². The Labute approximate surface area is 219 Å². The maximum atomic E-state index is 6.31. The third-order valence-corrected chi connectivity index (χ3v) is 6.23. The Kier molecular flexibility index (Phi) is 9.30. The second-order valence-electron chi connectivity index (χ2n) is 8.71. The van der Waals surface area contributed by atoms with E-state index in [4.69, 9.17) is 23.7 Å². The van der Waals surface area contributed by atoms with Gasteiger partial charge in [0.2, 0.25) is 0 Å². The monoisotopic (exact) mass is 498 g/mol. The van der Waals surface area contributed by atoms with Crippen LogP contribution in [-0.2, 0) is 26.1 Å². The SMILES string of the molecule is COc1ccc(COc2cc(OCc3ccccc3)ccc2CCCc2ccc(OC)cc2OC)cc1. The minimum atomic E-state index is 0.464. The van der Waals surface area contributed by atoms with Crippen molar-refractivity contribution in [1.82, 2.24) is 0 Å². The van der Waals surface area contributed by atoms with Gasteiger partial charge in [0.1, 0.15) is 42.0 Å². The summed E-state index contributed by atoms with van der Waals surface area (Å²) in [4.78, 5) is 0. The lowest BCUT2D eigenvalue weighted by atomic mass is 10.0. The molecular weight excluding hydrogens is 464 g/mol. The van der Waals surface area contributed by atoms with Gasteiger partial charge in [0.05, 0.1) is 21.3 Å². The molecule has 5 heteroatoms. The van der Waals surface area contributed by atoms with Crippen molar-refractivity contribution in [2.75, 3.05) is 21.3 Å². The fourth-order valence-electron chi connectivity index (χ4n) is 4.12. The van der Waals surface area contributed by atoms with Gasteiger partial charge in [0.15, 0.2) is 0 Å². The van der Waals surface area contributed by atoms with Gasteiger partial charge in [0.25, 0.3) is 0 Å². The van der Waals surface area contributed by atoms with Crippen LogP contribution in [0.2, 0.25) is 0 Å². The van der Waals surface area contributed by atoms with E-state index in [-0.39, 0.29) is 0 Å². The fraction of sp³-hybridized carbons (Fsp3) is 0.250. The third kappa shape index (κ3) is 7.43. The lowest BCUT2D eigenvalue weighted by molar-refractivity contribution is 0.287. The standard InChI is InChI=1S/C32H34O5/c1-33-28-16-12-25(13-17-28)23-37-32-21-30(36-22-24-8-5-4-6-9-24)19-15-27(32)11-7-10-26-14-18-29(34-2)20-31(26)35-3/h4-6,8-9,12-21H,7,10-11,22-23H2,1-3H3. The number of benzene rings is 4. The minimum absolute atomic E-state index is 0.464. The van der Waals surface area contributed by atoms with E-state index < -0.39 is 0 Å². The van der Waals surface area contributed by atoms with Crippen molar-refractivity contribution < 1.29 is 23.7 Å². The highest BCUT2D eigenvalue weighted by Crippen LogP contribution is 2.30. The molecule has 0 N–H and O–H groups in total. The van der Waals surface area contributed by atoms with Crippen molar-refractivity contribution in [3.63, 3.8) is 0 Å². The lowest BCUT2D eigenvalue weighted by Gasteiger charge is -2.15. The molecule has 4 aromatic carbocycles. The Morgan fingerprint density at radius 2 is 1.05 bits per heavy atom. The molecule has 0 aliphatic heterocycles. The molecule has 0 spiro atoms. The summed E-state index contributed by atoms with van der Waals surface area (Å²) in [6.07, 6.45) is 2.70. The Bertz CT molecular complexity index is 1250. The van der Waals surface area contributed by atoms with E-state index >= 15 is 0 Å². The summed E-state index contributed by atoms with van der Waals surface area (Å²) in [5.41, 5.74) is 4.51. The van der Waals surface area contributed by atoms with Crippen molar-refractivity contribution in [3.8, 4) is 28.7 Å². The highest BCUT2D eigenvalue weighted by molar-refractivity contribution is 5.43. The predicted molar refractivity (Wildman–Crippen MR) is 146 cm³/mol. The summed E-state index contributed by atoms with van der Waals surface area (Å²) in [5.74, 6) is 4.09. The zero-order valence-electron chi connectivity index (χ0n) is 21.7. The van der Waals surface area contributed by atoms with Gasteiger partial charge in [-0.2, -0.15) is 0 Å². The first-order valence-corrected chi connectivity index (χ1v) is 12.4. The van der Waals surface area contributed by atoms with E-state index in [0.717, 1.165) is 70.3 Å². The molecule has 0 fully saturated rings. The first kappa shape index (κ1) is 26.0. The Morgan fingerprint density at radius 1 is 0.486 bits per heavy atom. The number of rotatable bonds is 13. The maximum absolute atomic E-state index is 6.31. The summed E-state index contributed by atoms with van der Waals surface area (Å²) in [7, 11) is 5.02. The number of aryl methyl sites for hydroxylation is 2. The number of hydrogen-bond acceptors (Lipinski definition) is 5. The van der Waals surface area contributed by atoms with Crippen molar-refractivity contribution >= 4 is 0 Å². The number of ether oxygens (including phenoxy) is 5. The summed E-state index contributed by atoms with van der Waals surface area (Å²) in [6, 6.07) is 30.2. The van der Waals surface area contributed by atoms with E-state index in [1.807, 2.05) is 66.7 Å². The van der Waals surface area contributed by atoms with Crippen molar-refractivity contribution in [3.05, 3.63) is 113 Å². The zero-order valence-corrected chi connectivity index (χ0v) is 21.7. The highest BCUT2D eigenvalue weighted by Gasteiger charge is 2.10. The summed E-state index contributed by atoms with van der Waals surface area (Å²) in [6.45, 7) is 0.973. The second kappa shape index (κ2) is 13.3. The van der Waals surface area contributed by atoms with Crippen LogP contribution in [0.25, 0.3) is 0 Å². The van der Waals surface area contributed by atoms with Gasteiger partial charge in [0, 0.05) is 12.1 Å². The van der Waals surface area contributed by atoms with Gasteiger partial charge in [-0.3, -0.25) is 0 Å². The lowest BCUT2D eigenvalue weighted by Crippen LogP contribution is -2.02. The molecule has 192 valence electrons. The Morgan fingerprint density at radius 3 is 1.73 bits per heavy atom. The first-order chi connectivity index (χ1) is 18.2. The molecule has 0 amide bonds. The van der Waals surface area contributed by atoms with Crippen molar-refractivity contribution in [2.45, 2.75) is 32.5 Å². The molecule has 4 rings (SSSR count). The van der Waals surface area contributed by atoms with Crippen LogP contribution in [0.15, 0.2) is 91.0 Å². The molecule has 0 aliphatic carbocycles. The van der Waals surface area contributed by atoms with Crippen molar-refractivity contribution in [2.24, 2.45) is 0 Å². The summed E-state index contributed by atoms with van der Waals surface area (Å²) in [5, 5.41) is 0. The average Bonchev–Trinajstić information content (AvgIpc) is 2.96. The van der Waals surface area contributed by atoms with Crippen LogP contribution in [-0.4, -0.2) is 21.3 Å². The molecule has 0 radical (unpaired) electrons. The molecular formula is C32H34O5. The van der Waals surface area contributed by atoms with E-state index in [9.17, 15) is 0 Å². The van der Waals surface area contributed by atoms with Crippen LogP contribution in [0.5, 0.6) is 28.7 Å². The van der Waals surface area contributed by atoms with Crippen LogP contribution >= 0.6 is 0 Å². The molecule has 37 heavy (non-hydrogen) atoms. The molecule has 0 saturated carbocycles. The van der Waals surface area contributed by atoms with E-state index in [0.29, 0.717) is 13.2 Å². The van der Waals surface area contributed by atoms with E-state index in [2.05, 4.69) is 24.3 Å². The van der Waals surface area contributed by atoms with Crippen LogP contribution in [0.3, 0.4) is 0 Å². The zero-order chi connectivity index (χ0) is 25.9. The highest BCUT2D eigenvalue weighted by atomic mass is 16.5. The molecule has 0 bridgehead atoms. The Balaban J connectivity index is 1.46. The largest absolute Gasteiger partial charge is 0.497 e. The van der Waals surface area contributed by atoms with Gasteiger partial charge < -0.3 is 23.7 Å².